The molecule has 1 aromatic rings. The lowest BCUT2D eigenvalue weighted by atomic mass is 10.1. The quantitative estimate of drug-likeness (QED) is 0.104. The molecule has 11 heteroatoms. The van der Waals surface area contributed by atoms with Crippen molar-refractivity contribution in [3.8, 4) is 5.75 Å². The van der Waals surface area contributed by atoms with E-state index in [4.69, 9.17) is 18.5 Å². The number of imide groups is 1. The molecule has 0 saturated carbocycles. The van der Waals surface area contributed by atoms with E-state index in [1.165, 1.54) is 6.08 Å². The molecule has 0 fully saturated rings. The molecule has 10 nitrogen and oxygen atoms in total. The van der Waals surface area contributed by atoms with E-state index in [1.54, 1.807) is 25.4 Å². The second-order valence-electron chi connectivity index (χ2n) is 7.42. The SMILES string of the molecule is CCCCOC(=O)CNP(OCC(CC(C)N(C)/C=C\C(=O)NC=O)OC)Oc1ccccc1. The summed E-state index contributed by atoms with van der Waals surface area (Å²) in [7, 11) is 1.78. The zero-order valence-electron chi connectivity index (χ0n) is 20.3. The average molecular weight is 498 g/mol. The minimum absolute atomic E-state index is 0.0107. The fourth-order valence-electron chi connectivity index (χ4n) is 2.56. The molecule has 1 aromatic carbocycles. The predicted molar refractivity (Wildman–Crippen MR) is 130 cm³/mol. The molecule has 0 aliphatic carbocycles. The number of para-hydroxylation sites is 1. The number of carbonyl (C=O) groups excluding carboxylic acids is 3. The van der Waals surface area contributed by atoms with Gasteiger partial charge in [0.15, 0.2) is 0 Å². The molecule has 0 radical (unpaired) electrons. The second-order valence-corrected chi connectivity index (χ2v) is 8.69. The molecule has 0 heterocycles. The lowest BCUT2D eigenvalue weighted by Gasteiger charge is -2.27. The summed E-state index contributed by atoms with van der Waals surface area (Å²) >= 11 is 0. The van der Waals surface area contributed by atoms with E-state index in [0.717, 1.165) is 12.8 Å². The van der Waals surface area contributed by atoms with Crippen molar-refractivity contribution in [1.82, 2.24) is 15.3 Å². The Balaban J connectivity index is 2.63. The Morgan fingerprint density at radius 2 is 1.97 bits per heavy atom. The molecule has 0 saturated heterocycles. The lowest BCUT2D eigenvalue weighted by molar-refractivity contribution is -0.142. The third kappa shape index (κ3) is 13.3. The number of amides is 2. The van der Waals surface area contributed by atoms with Gasteiger partial charge in [-0.3, -0.25) is 19.7 Å². The van der Waals surface area contributed by atoms with Gasteiger partial charge >= 0.3 is 14.5 Å². The largest absolute Gasteiger partial charge is 0.465 e. The van der Waals surface area contributed by atoms with Crippen LogP contribution in [0.3, 0.4) is 0 Å². The monoisotopic (exact) mass is 497 g/mol. The summed E-state index contributed by atoms with van der Waals surface area (Å²) in [5, 5.41) is 5.04. The van der Waals surface area contributed by atoms with Crippen LogP contribution in [0.25, 0.3) is 0 Å². The van der Waals surface area contributed by atoms with E-state index in [1.807, 2.05) is 49.3 Å². The number of benzene rings is 1. The molecule has 0 aliphatic heterocycles. The van der Waals surface area contributed by atoms with Crippen LogP contribution in [0.2, 0.25) is 0 Å². The molecule has 2 N–H and O–H groups in total. The molecule has 190 valence electrons. The Morgan fingerprint density at radius 3 is 2.62 bits per heavy atom. The van der Waals surface area contributed by atoms with Gasteiger partial charge in [0, 0.05) is 32.5 Å². The topological polar surface area (TPSA) is 115 Å². The summed E-state index contributed by atoms with van der Waals surface area (Å²) in [5.74, 6) is -0.255. The molecule has 2 amide bonds. The molecular formula is C23H36N3O7P. The molecule has 1 rings (SSSR count). The molecule has 0 aliphatic rings. The average Bonchev–Trinajstić information content (AvgIpc) is 2.84. The van der Waals surface area contributed by atoms with Crippen LogP contribution in [-0.2, 0) is 28.4 Å². The molecule has 0 spiro atoms. The summed E-state index contributed by atoms with van der Waals surface area (Å²) in [5.41, 5.74) is 0. The number of nitrogens with zero attached hydrogens (tertiary/aromatic N) is 1. The van der Waals surface area contributed by atoms with Crippen LogP contribution in [0.1, 0.15) is 33.1 Å². The van der Waals surface area contributed by atoms with Crippen LogP contribution < -0.4 is 14.9 Å². The first-order valence-electron chi connectivity index (χ1n) is 11.1. The summed E-state index contributed by atoms with van der Waals surface area (Å²) in [4.78, 5) is 35.5. The maximum atomic E-state index is 12.0. The number of carbonyl (C=O) groups is 3. The van der Waals surface area contributed by atoms with Gasteiger partial charge in [0.1, 0.15) is 12.3 Å². The van der Waals surface area contributed by atoms with E-state index >= 15 is 0 Å². The van der Waals surface area contributed by atoms with Gasteiger partial charge in [0.2, 0.25) is 6.41 Å². The smallest absolute Gasteiger partial charge is 0.320 e. The highest BCUT2D eigenvalue weighted by atomic mass is 31.2. The van der Waals surface area contributed by atoms with Crippen LogP contribution >= 0.6 is 8.53 Å². The Bertz CT molecular complexity index is 751. The predicted octanol–water partition coefficient (Wildman–Crippen LogP) is 2.75. The number of nitrogens with one attached hydrogen (secondary N) is 2. The normalized spacial score (nSPS) is 13.6. The van der Waals surface area contributed by atoms with Crippen molar-refractivity contribution in [2.24, 2.45) is 0 Å². The van der Waals surface area contributed by atoms with E-state index in [9.17, 15) is 14.4 Å². The summed E-state index contributed by atoms with van der Waals surface area (Å²) in [6, 6.07) is 9.19. The Labute approximate surface area is 202 Å². The number of unbranched alkanes of at least 4 members (excludes halogenated alkanes) is 1. The van der Waals surface area contributed by atoms with Crippen LogP contribution in [0.5, 0.6) is 5.75 Å². The fourth-order valence-corrected chi connectivity index (χ4v) is 3.64. The Hall–Kier alpha value is -2.52. The van der Waals surface area contributed by atoms with Gasteiger partial charge in [0.25, 0.3) is 5.91 Å². The van der Waals surface area contributed by atoms with Crippen molar-refractivity contribution in [3.05, 3.63) is 42.6 Å². The highest BCUT2D eigenvalue weighted by Gasteiger charge is 2.21. The molecule has 3 unspecified atom stereocenters. The van der Waals surface area contributed by atoms with Crippen LogP contribution in [0, 0.1) is 0 Å². The molecule has 0 bridgehead atoms. The highest BCUT2D eigenvalue weighted by molar-refractivity contribution is 7.45. The van der Waals surface area contributed by atoms with Crippen molar-refractivity contribution < 1.29 is 32.9 Å². The third-order valence-corrected chi connectivity index (χ3v) is 5.89. The van der Waals surface area contributed by atoms with Crippen molar-refractivity contribution in [2.45, 2.75) is 45.3 Å². The first kappa shape index (κ1) is 29.5. The third-order valence-electron chi connectivity index (χ3n) is 4.72. The van der Waals surface area contributed by atoms with E-state index in [-0.39, 0.29) is 31.3 Å². The van der Waals surface area contributed by atoms with Gasteiger partial charge in [-0.1, -0.05) is 31.5 Å². The van der Waals surface area contributed by atoms with Crippen molar-refractivity contribution in [2.75, 3.05) is 33.9 Å². The maximum Gasteiger partial charge on any atom is 0.320 e. The van der Waals surface area contributed by atoms with Gasteiger partial charge in [-0.25, -0.2) is 5.09 Å². The Morgan fingerprint density at radius 1 is 1.24 bits per heavy atom. The van der Waals surface area contributed by atoms with Gasteiger partial charge in [0.05, 0.1) is 19.3 Å². The minimum Gasteiger partial charge on any atom is -0.465 e. The van der Waals surface area contributed by atoms with Gasteiger partial charge in [-0.05, 0) is 31.9 Å². The van der Waals surface area contributed by atoms with Crippen LogP contribution in [0.4, 0.5) is 0 Å². The second kappa shape index (κ2) is 17.9. The number of methoxy groups -OCH3 is 1. The zero-order valence-corrected chi connectivity index (χ0v) is 21.2. The minimum atomic E-state index is -1.63. The van der Waals surface area contributed by atoms with E-state index < -0.39 is 14.4 Å². The molecule has 3 atom stereocenters. The first-order valence-corrected chi connectivity index (χ1v) is 12.3. The summed E-state index contributed by atoms with van der Waals surface area (Å²) in [6.45, 7) is 4.57. The van der Waals surface area contributed by atoms with Gasteiger partial charge in [-0.15, -0.1) is 0 Å². The number of rotatable bonds is 18. The molecule has 34 heavy (non-hydrogen) atoms. The van der Waals surface area contributed by atoms with Crippen molar-refractivity contribution in [3.63, 3.8) is 0 Å². The van der Waals surface area contributed by atoms with Crippen LogP contribution in [-0.4, -0.2) is 69.2 Å². The Kier molecular flexibility index (Phi) is 15.5. The summed E-state index contributed by atoms with van der Waals surface area (Å²) < 4.78 is 22.6. The number of hydrogen-bond donors (Lipinski definition) is 2. The van der Waals surface area contributed by atoms with E-state index in [0.29, 0.717) is 25.2 Å². The number of ether oxygens (including phenoxy) is 2. The zero-order chi connectivity index (χ0) is 25.2. The standard InChI is InChI=1S/C23H36N3O7P/c1-5-6-14-31-23(29)16-25-34(33-20-10-8-7-9-11-20)32-17-21(30-4)15-19(2)26(3)13-12-22(28)24-18-27/h7-13,18-19,21,25H,5-6,14-17H2,1-4H3,(H,24,27,28)/b13-12-. The van der Waals surface area contributed by atoms with Gasteiger partial charge in [-0.2, -0.15) is 0 Å². The maximum absolute atomic E-state index is 12.0. The molecular weight excluding hydrogens is 461 g/mol. The van der Waals surface area contributed by atoms with Crippen molar-refractivity contribution >= 4 is 26.8 Å². The lowest BCUT2D eigenvalue weighted by Crippen LogP contribution is -2.32. The number of hydrogen-bond acceptors (Lipinski definition) is 9. The fraction of sp³-hybridized carbons (Fsp3) is 0.522. The summed E-state index contributed by atoms with van der Waals surface area (Å²) in [6.07, 6.45) is 5.30. The van der Waals surface area contributed by atoms with E-state index in [2.05, 4.69) is 5.09 Å². The molecule has 0 aromatic heterocycles. The van der Waals surface area contributed by atoms with Crippen molar-refractivity contribution in [1.29, 1.82) is 0 Å². The number of esters is 1. The first-order chi connectivity index (χ1) is 16.4. The van der Waals surface area contributed by atoms with Gasteiger partial charge < -0.3 is 23.4 Å². The van der Waals surface area contributed by atoms with Crippen LogP contribution in [0.15, 0.2) is 42.6 Å². The highest BCUT2D eigenvalue weighted by Crippen LogP contribution is 2.35.